The molecule has 1 aromatic carbocycles. The number of nitrogens with zero attached hydrogens (tertiary/aromatic N) is 2. The van der Waals surface area contributed by atoms with Crippen molar-refractivity contribution in [2.45, 2.75) is 32.2 Å². The van der Waals surface area contributed by atoms with Crippen molar-refractivity contribution >= 4 is 33.1 Å². The molecule has 0 saturated carbocycles. The minimum absolute atomic E-state index is 0.0106. The Balaban J connectivity index is 1.75. The Morgan fingerprint density at radius 3 is 2.41 bits per heavy atom. The molecular formula is C23H26N2O5S2. The van der Waals surface area contributed by atoms with Gasteiger partial charge in [-0.1, -0.05) is 12.1 Å². The van der Waals surface area contributed by atoms with Crippen LogP contribution in [0, 0.1) is 20.8 Å². The molecule has 32 heavy (non-hydrogen) atoms. The Bertz CT molecular complexity index is 1260. The maximum atomic E-state index is 12.8. The molecule has 0 amide bonds. The molecule has 0 saturated heterocycles. The van der Waals surface area contributed by atoms with Crippen LogP contribution < -0.4 is 0 Å². The van der Waals surface area contributed by atoms with Crippen LogP contribution in [-0.4, -0.2) is 49.7 Å². The highest BCUT2D eigenvalue weighted by molar-refractivity contribution is 7.89. The van der Waals surface area contributed by atoms with Crippen molar-refractivity contribution in [3.8, 4) is 0 Å². The predicted octanol–water partition coefficient (Wildman–Crippen LogP) is 3.81. The summed E-state index contributed by atoms with van der Waals surface area (Å²) in [6.07, 6.45) is 0. The van der Waals surface area contributed by atoms with E-state index in [2.05, 4.69) is 4.57 Å². The van der Waals surface area contributed by atoms with Crippen molar-refractivity contribution in [1.82, 2.24) is 8.87 Å². The summed E-state index contributed by atoms with van der Waals surface area (Å²) >= 11 is 1.65. The van der Waals surface area contributed by atoms with Crippen LogP contribution in [0.4, 0.5) is 0 Å². The monoisotopic (exact) mass is 474 g/mol. The zero-order chi connectivity index (χ0) is 23.6. The van der Waals surface area contributed by atoms with E-state index in [1.165, 1.54) is 31.1 Å². The van der Waals surface area contributed by atoms with Gasteiger partial charge in [-0.2, -0.15) is 0 Å². The highest BCUT2D eigenvalue weighted by atomic mass is 32.2. The number of hydrogen-bond acceptors (Lipinski definition) is 6. The maximum absolute atomic E-state index is 12.8. The second kappa shape index (κ2) is 9.40. The number of carbonyl (C=O) groups excluding carboxylic acids is 2. The fraction of sp³-hybridized carbons (Fsp3) is 0.304. The van der Waals surface area contributed by atoms with E-state index in [-0.39, 0.29) is 16.2 Å². The van der Waals surface area contributed by atoms with Gasteiger partial charge in [-0.15, -0.1) is 11.3 Å². The highest BCUT2D eigenvalue weighted by Crippen LogP contribution is 2.21. The van der Waals surface area contributed by atoms with Crippen molar-refractivity contribution in [2.24, 2.45) is 0 Å². The van der Waals surface area contributed by atoms with Crippen molar-refractivity contribution in [3.63, 3.8) is 0 Å². The lowest BCUT2D eigenvalue weighted by atomic mass is 10.1. The van der Waals surface area contributed by atoms with Crippen LogP contribution in [0.2, 0.25) is 0 Å². The van der Waals surface area contributed by atoms with Crippen LogP contribution in [0.5, 0.6) is 0 Å². The average molecular weight is 475 g/mol. The van der Waals surface area contributed by atoms with Gasteiger partial charge in [0.25, 0.3) is 0 Å². The largest absolute Gasteiger partial charge is 0.454 e. The molecule has 0 aliphatic heterocycles. The minimum Gasteiger partial charge on any atom is -0.454 e. The lowest BCUT2D eigenvalue weighted by Gasteiger charge is -2.13. The fourth-order valence-electron chi connectivity index (χ4n) is 3.36. The molecule has 0 atom stereocenters. The number of hydrogen-bond donors (Lipinski definition) is 0. The molecule has 0 aliphatic rings. The van der Waals surface area contributed by atoms with Gasteiger partial charge < -0.3 is 9.30 Å². The molecule has 7 nitrogen and oxygen atoms in total. The second-order valence-electron chi connectivity index (χ2n) is 7.71. The number of ketones is 1. The van der Waals surface area contributed by atoms with E-state index in [1.807, 2.05) is 31.4 Å². The third kappa shape index (κ3) is 4.85. The number of esters is 1. The van der Waals surface area contributed by atoms with E-state index < -0.39 is 22.6 Å². The molecule has 0 fully saturated rings. The van der Waals surface area contributed by atoms with Crippen LogP contribution in [0.1, 0.15) is 42.5 Å². The van der Waals surface area contributed by atoms with Crippen LogP contribution in [0.3, 0.4) is 0 Å². The first-order chi connectivity index (χ1) is 15.0. The van der Waals surface area contributed by atoms with E-state index in [1.54, 1.807) is 30.4 Å². The lowest BCUT2D eigenvalue weighted by Crippen LogP contribution is -2.23. The minimum atomic E-state index is -3.70. The normalized spacial score (nSPS) is 11.7. The average Bonchev–Trinajstić information content (AvgIpc) is 3.35. The summed E-state index contributed by atoms with van der Waals surface area (Å²) in [7, 11) is -0.862. The Morgan fingerprint density at radius 1 is 1.06 bits per heavy atom. The lowest BCUT2D eigenvalue weighted by molar-refractivity contribution is 0.0473. The first kappa shape index (κ1) is 23.9. The molecule has 0 unspecified atom stereocenters. The van der Waals surface area contributed by atoms with Gasteiger partial charge >= 0.3 is 5.97 Å². The zero-order valence-electron chi connectivity index (χ0n) is 18.7. The zero-order valence-corrected chi connectivity index (χ0v) is 20.3. The van der Waals surface area contributed by atoms with E-state index in [0.717, 1.165) is 15.7 Å². The number of thiophene rings is 1. The number of sulfonamides is 1. The number of benzene rings is 1. The molecule has 0 spiro atoms. The molecule has 0 N–H and O–H groups in total. The highest BCUT2D eigenvalue weighted by Gasteiger charge is 2.22. The maximum Gasteiger partial charge on any atom is 0.338 e. The van der Waals surface area contributed by atoms with Gasteiger partial charge in [-0.25, -0.2) is 17.5 Å². The summed E-state index contributed by atoms with van der Waals surface area (Å²) in [6.45, 7) is 5.74. The smallest absolute Gasteiger partial charge is 0.338 e. The van der Waals surface area contributed by atoms with Gasteiger partial charge in [0, 0.05) is 35.9 Å². The molecule has 0 radical (unpaired) electrons. The van der Waals surface area contributed by atoms with Gasteiger partial charge in [-0.05, 0) is 56.0 Å². The SMILES string of the molecule is Cc1ccc(S(=O)(=O)N(C)C)cc1C(=O)OCC(=O)c1cc(C)n(Cc2cccs2)c1C. The van der Waals surface area contributed by atoms with E-state index in [4.69, 9.17) is 4.74 Å². The standard InChI is InChI=1S/C23H26N2O5S2/c1-15-8-9-19(32(28,29)24(4)5)12-20(15)23(27)30-14-22(26)21-11-16(2)25(17(21)3)13-18-7-6-10-31-18/h6-12H,13-14H2,1-5H3. The van der Waals surface area contributed by atoms with E-state index in [9.17, 15) is 18.0 Å². The van der Waals surface area contributed by atoms with Gasteiger partial charge in [0.15, 0.2) is 6.61 Å². The van der Waals surface area contributed by atoms with Gasteiger partial charge in [0.05, 0.1) is 17.0 Å². The first-order valence-electron chi connectivity index (χ1n) is 9.95. The molecule has 170 valence electrons. The summed E-state index contributed by atoms with van der Waals surface area (Å²) in [4.78, 5) is 26.6. The quantitative estimate of drug-likeness (QED) is 0.366. The Hall–Kier alpha value is -2.75. The van der Waals surface area contributed by atoms with Crippen molar-refractivity contribution < 1.29 is 22.7 Å². The molecule has 9 heteroatoms. The molecule has 3 aromatic rings. The van der Waals surface area contributed by atoms with Crippen molar-refractivity contribution in [1.29, 1.82) is 0 Å². The predicted molar refractivity (Wildman–Crippen MR) is 124 cm³/mol. The summed E-state index contributed by atoms with van der Waals surface area (Å²) in [5, 5.41) is 2.01. The van der Waals surface area contributed by atoms with Gasteiger partial charge in [0.1, 0.15) is 0 Å². The topological polar surface area (TPSA) is 85.7 Å². The summed E-state index contributed by atoms with van der Waals surface area (Å²) < 4.78 is 33.1. The third-order valence-electron chi connectivity index (χ3n) is 5.31. The number of carbonyl (C=O) groups is 2. The Labute approximate surface area is 192 Å². The fourth-order valence-corrected chi connectivity index (χ4v) is 4.99. The molecular weight excluding hydrogens is 448 g/mol. The van der Waals surface area contributed by atoms with Crippen LogP contribution >= 0.6 is 11.3 Å². The van der Waals surface area contributed by atoms with Crippen molar-refractivity contribution in [2.75, 3.05) is 20.7 Å². The molecule has 0 aliphatic carbocycles. The van der Waals surface area contributed by atoms with E-state index in [0.29, 0.717) is 17.7 Å². The molecule has 3 rings (SSSR count). The molecule has 0 bridgehead atoms. The van der Waals surface area contributed by atoms with Crippen LogP contribution in [0.25, 0.3) is 0 Å². The van der Waals surface area contributed by atoms with Gasteiger partial charge in [0.2, 0.25) is 15.8 Å². The number of ether oxygens (including phenoxy) is 1. The first-order valence-corrected chi connectivity index (χ1v) is 12.3. The van der Waals surface area contributed by atoms with Crippen LogP contribution in [0.15, 0.2) is 46.7 Å². The Morgan fingerprint density at radius 2 is 1.78 bits per heavy atom. The van der Waals surface area contributed by atoms with Crippen LogP contribution in [-0.2, 0) is 21.3 Å². The Kier molecular flexibility index (Phi) is 7.02. The van der Waals surface area contributed by atoms with E-state index >= 15 is 0 Å². The number of Topliss-reactive ketones (excluding diaryl/α,β-unsaturated/α-hetero) is 1. The summed E-state index contributed by atoms with van der Waals surface area (Å²) in [5.74, 6) is -1.04. The second-order valence-corrected chi connectivity index (χ2v) is 10.9. The molecule has 2 heterocycles. The van der Waals surface area contributed by atoms with Gasteiger partial charge in [-0.3, -0.25) is 4.79 Å². The summed E-state index contributed by atoms with van der Waals surface area (Å²) in [5.41, 5.74) is 2.95. The number of aromatic nitrogens is 1. The van der Waals surface area contributed by atoms with Crippen molar-refractivity contribution in [3.05, 3.63) is 74.7 Å². The summed E-state index contributed by atoms with van der Waals surface area (Å²) in [6, 6.07) is 10.1. The number of aryl methyl sites for hydroxylation is 2. The molecule has 2 aromatic heterocycles. The number of rotatable bonds is 8. The third-order valence-corrected chi connectivity index (χ3v) is 7.98.